The molecule has 0 saturated heterocycles. The van der Waals surface area contributed by atoms with E-state index < -0.39 is 0 Å². The first-order valence-electron chi connectivity index (χ1n) is 5.66. The third-order valence-electron chi connectivity index (χ3n) is 2.99. The number of aromatic nitrogens is 1. The van der Waals surface area contributed by atoms with E-state index in [1.54, 1.807) is 0 Å². The molecule has 15 heavy (non-hydrogen) atoms. The summed E-state index contributed by atoms with van der Waals surface area (Å²) >= 11 is 0. The Labute approximate surface area is 93.1 Å². The second-order valence-electron chi connectivity index (χ2n) is 4.61. The van der Waals surface area contributed by atoms with Gasteiger partial charge in [-0.25, -0.2) is 0 Å². The SMILES string of the molecule is CNC(C)C(c1cc(C)ccn1)C(C)C. The lowest BCUT2D eigenvalue weighted by Crippen LogP contribution is -2.32. The van der Waals surface area contributed by atoms with Gasteiger partial charge in [0.05, 0.1) is 0 Å². The molecule has 84 valence electrons. The highest BCUT2D eigenvalue weighted by Gasteiger charge is 2.22. The second kappa shape index (κ2) is 5.26. The summed E-state index contributed by atoms with van der Waals surface area (Å²) in [5.74, 6) is 1.08. The summed E-state index contributed by atoms with van der Waals surface area (Å²) < 4.78 is 0. The maximum Gasteiger partial charge on any atom is 0.0455 e. The molecule has 1 aromatic rings. The average Bonchev–Trinajstić information content (AvgIpc) is 2.17. The number of nitrogens with zero attached hydrogens (tertiary/aromatic N) is 1. The number of aryl methyl sites for hydroxylation is 1. The molecule has 0 aromatic carbocycles. The Kier molecular flexibility index (Phi) is 4.28. The van der Waals surface area contributed by atoms with Crippen LogP contribution in [0.2, 0.25) is 0 Å². The predicted molar refractivity (Wildman–Crippen MR) is 65.1 cm³/mol. The minimum Gasteiger partial charge on any atom is -0.317 e. The summed E-state index contributed by atoms with van der Waals surface area (Å²) in [6.45, 7) is 8.84. The standard InChI is InChI=1S/C13H22N2/c1-9(2)13(11(4)14-5)12-8-10(3)6-7-15-12/h6-9,11,13-14H,1-5H3. The van der Waals surface area contributed by atoms with Crippen molar-refractivity contribution in [3.63, 3.8) is 0 Å². The van der Waals surface area contributed by atoms with Crippen LogP contribution in [0.25, 0.3) is 0 Å². The van der Waals surface area contributed by atoms with Crippen molar-refractivity contribution in [2.24, 2.45) is 5.92 Å². The molecule has 2 unspecified atom stereocenters. The first-order chi connectivity index (χ1) is 7.06. The lowest BCUT2D eigenvalue weighted by molar-refractivity contribution is 0.388. The zero-order chi connectivity index (χ0) is 11.4. The Balaban J connectivity index is 2.99. The second-order valence-corrected chi connectivity index (χ2v) is 4.61. The van der Waals surface area contributed by atoms with Gasteiger partial charge in [-0.15, -0.1) is 0 Å². The average molecular weight is 206 g/mol. The minimum absolute atomic E-state index is 0.458. The lowest BCUT2D eigenvalue weighted by Gasteiger charge is -2.26. The molecule has 0 amide bonds. The monoisotopic (exact) mass is 206 g/mol. The fraction of sp³-hybridized carbons (Fsp3) is 0.615. The van der Waals surface area contributed by atoms with Crippen LogP contribution in [0.3, 0.4) is 0 Å². The summed E-state index contributed by atoms with van der Waals surface area (Å²) in [7, 11) is 2.01. The Morgan fingerprint density at radius 1 is 1.27 bits per heavy atom. The van der Waals surface area contributed by atoms with Crippen LogP contribution >= 0.6 is 0 Å². The van der Waals surface area contributed by atoms with Crippen molar-refractivity contribution < 1.29 is 0 Å². The number of pyridine rings is 1. The molecule has 2 heteroatoms. The van der Waals surface area contributed by atoms with Gasteiger partial charge in [-0.3, -0.25) is 4.98 Å². The zero-order valence-electron chi connectivity index (χ0n) is 10.4. The minimum atomic E-state index is 0.458. The fourth-order valence-electron chi connectivity index (χ4n) is 2.10. The fourth-order valence-corrected chi connectivity index (χ4v) is 2.10. The van der Waals surface area contributed by atoms with Gasteiger partial charge < -0.3 is 5.32 Å². The summed E-state index contributed by atoms with van der Waals surface area (Å²) in [6.07, 6.45) is 1.91. The van der Waals surface area contributed by atoms with Crippen molar-refractivity contribution in [3.05, 3.63) is 29.6 Å². The number of hydrogen-bond acceptors (Lipinski definition) is 2. The molecular weight excluding hydrogens is 184 g/mol. The van der Waals surface area contributed by atoms with Crippen molar-refractivity contribution in [2.75, 3.05) is 7.05 Å². The van der Waals surface area contributed by atoms with E-state index in [9.17, 15) is 0 Å². The Morgan fingerprint density at radius 2 is 1.93 bits per heavy atom. The molecule has 0 fully saturated rings. The molecular formula is C13H22N2. The van der Waals surface area contributed by atoms with Gasteiger partial charge in [-0.2, -0.15) is 0 Å². The van der Waals surface area contributed by atoms with Gasteiger partial charge in [0.15, 0.2) is 0 Å². The molecule has 1 rings (SSSR count). The number of nitrogens with one attached hydrogen (secondary N) is 1. The number of likely N-dealkylation sites (N-methyl/N-ethyl adjacent to an activating group) is 1. The largest absolute Gasteiger partial charge is 0.317 e. The van der Waals surface area contributed by atoms with Gasteiger partial charge in [0.2, 0.25) is 0 Å². The van der Waals surface area contributed by atoms with Crippen LogP contribution in [0, 0.1) is 12.8 Å². The third-order valence-corrected chi connectivity index (χ3v) is 2.99. The highest BCUT2D eigenvalue weighted by atomic mass is 14.9. The van der Waals surface area contributed by atoms with Gasteiger partial charge in [0.1, 0.15) is 0 Å². The first kappa shape index (κ1) is 12.2. The van der Waals surface area contributed by atoms with Crippen molar-refractivity contribution in [1.82, 2.24) is 10.3 Å². The van der Waals surface area contributed by atoms with Crippen LogP contribution in [-0.4, -0.2) is 18.1 Å². The summed E-state index contributed by atoms with van der Waals surface area (Å²) in [5, 5.41) is 3.32. The van der Waals surface area contributed by atoms with Crippen LogP contribution in [0.15, 0.2) is 18.3 Å². The van der Waals surface area contributed by atoms with Gasteiger partial charge >= 0.3 is 0 Å². The van der Waals surface area contributed by atoms with Crippen LogP contribution < -0.4 is 5.32 Å². The lowest BCUT2D eigenvalue weighted by atomic mass is 9.86. The summed E-state index contributed by atoms with van der Waals surface area (Å²) in [4.78, 5) is 4.49. The Morgan fingerprint density at radius 3 is 2.40 bits per heavy atom. The van der Waals surface area contributed by atoms with Crippen LogP contribution in [-0.2, 0) is 0 Å². The Hall–Kier alpha value is -0.890. The van der Waals surface area contributed by atoms with E-state index in [1.165, 1.54) is 11.3 Å². The zero-order valence-corrected chi connectivity index (χ0v) is 10.4. The van der Waals surface area contributed by atoms with Crippen LogP contribution in [0.4, 0.5) is 0 Å². The van der Waals surface area contributed by atoms with Crippen LogP contribution in [0.1, 0.15) is 37.9 Å². The quantitative estimate of drug-likeness (QED) is 0.819. The van der Waals surface area contributed by atoms with Gasteiger partial charge in [-0.05, 0) is 44.5 Å². The van der Waals surface area contributed by atoms with Crippen LogP contribution in [0.5, 0.6) is 0 Å². The molecule has 1 heterocycles. The van der Waals surface area contributed by atoms with Gasteiger partial charge in [-0.1, -0.05) is 13.8 Å². The summed E-state index contributed by atoms with van der Waals surface area (Å²) in [6, 6.07) is 4.70. The maximum absolute atomic E-state index is 4.49. The van der Waals surface area contributed by atoms with E-state index in [-0.39, 0.29) is 0 Å². The smallest absolute Gasteiger partial charge is 0.0455 e. The molecule has 0 bridgehead atoms. The van der Waals surface area contributed by atoms with E-state index in [0.29, 0.717) is 17.9 Å². The molecule has 0 spiro atoms. The molecule has 0 aliphatic rings. The number of rotatable bonds is 4. The molecule has 0 aliphatic heterocycles. The first-order valence-corrected chi connectivity index (χ1v) is 5.66. The normalized spacial score (nSPS) is 15.3. The molecule has 0 saturated carbocycles. The van der Waals surface area contributed by atoms with Gasteiger partial charge in [0, 0.05) is 23.9 Å². The van der Waals surface area contributed by atoms with Crippen molar-refractivity contribution >= 4 is 0 Å². The third kappa shape index (κ3) is 3.03. The van der Waals surface area contributed by atoms with E-state index in [4.69, 9.17) is 0 Å². The maximum atomic E-state index is 4.49. The molecule has 2 atom stereocenters. The van der Waals surface area contributed by atoms with E-state index in [2.05, 4.69) is 44.1 Å². The van der Waals surface area contributed by atoms with E-state index >= 15 is 0 Å². The predicted octanol–water partition coefficient (Wildman–Crippen LogP) is 2.74. The molecule has 0 radical (unpaired) electrons. The number of hydrogen-bond donors (Lipinski definition) is 1. The van der Waals surface area contributed by atoms with Crippen molar-refractivity contribution in [3.8, 4) is 0 Å². The van der Waals surface area contributed by atoms with E-state index in [0.717, 1.165) is 0 Å². The Bertz CT molecular complexity index is 307. The van der Waals surface area contributed by atoms with Crippen molar-refractivity contribution in [2.45, 2.75) is 39.7 Å². The van der Waals surface area contributed by atoms with Gasteiger partial charge in [0.25, 0.3) is 0 Å². The van der Waals surface area contributed by atoms with Crippen molar-refractivity contribution in [1.29, 1.82) is 0 Å². The highest BCUT2D eigenvalue weighted by molar-refractivity contribution is 5.19. The molecule has 2 nitrogen and oxygen atoms in total. The highest BCUT2D eigenvalue weighted by Crippen LogP contribution is 2.26. The summed E-state index contributed by atoms with van der Waals surface area (Å²) in [5.41, 5.74) is 2.49. The molecule has 1 N–H and O–H groups in total. The molecule has 1 aromatic heterocycles. The van der Waals surface area contributed by atoms with E-state index in [1.807, 2.05) is 19.3 Å². The topological polar surface area (TPSA) is 24.9 Å². The molecule has 0 aliphatic carbocycles.